The van der Waals surface area contributed by atoms with E-state index >= 15 is 0 Å². The number of hydrogen-bond acceptors (Lipinski definition) is 3. The van der Waals surface area contributed by atoms with Crippen LogP contribution in [0.5, 0.6) is 0 Å². The molecular formula is C26H40O3. The Morgan fingerprint density at radius 3 is 2.62 bits per heavy atom. The zero-order chi connectivity index (χ0) is 20.0. The number of hydrogen-bond donors (Lipinski definition) is 0. The summed E-state index contributed by atoms with van der Waals surface area (Å²) in [6, 6.07) is 0. The van der Waals surface area contributed by atoms with Crippen LogP contribution in [0.2, 0.25) is 0 Å². The minimum Gasteiger partial charge on any atom is -0.350 e. The fourth-order valence-electron chi connectivity index (χ4n) is 9.42. The summed E-state index contributed by atoms with van der Waals surface area (Å²) >= 11 is 0. The molecule has 0 bridgehead atoms. The van der Waals surface area contributed by atoms with E-state index in [-0.39, 0.29) is 17.3 Å². The van der Waals surface area contributed by atoms with Crippen LogP contribution >= 0.6 is 0 Å². The molecule has 6 rings (SSSR count). The molecular weight excluding hydrogens is 360 g/mol. The van der Waals surface area contributed by atoms with Crippen LogP contribution in [0.15, 0.2) is 0 Å². The second-order valence-corrected chi connectivity index (χ2v) is 12.4. The Hall–Kier alpha value is -0.410. The fourth-order valence-corrected chi connectivity index (χ4v) is 9.42. The Balaban J connectivity index is 1.29. The molecule has 162 valence electrons. The van der Waals surface area contributed by atoms with Crippen LogP contribution in [0.4, 0.5) is 0 Å². The average Bonchev–Trinajstić information content (AvgIpc) is 3.19. The molecule has 29 heavy (non-hydrogen) atoms. The predicted molar refractivity (Wildman–Crippen MR) is 112 cm³/mol. The quantitative estimate of drug-likeness (QED) is 0.519. The second kappa shape index (κ2) is 6.31. The number of ether oxygens (including phenoxy) is 2. The van der Waals surface area contributed by atoms with Crippen LogP contribution in [-0.4, -0.2) is 24.3 Å². The van der Waals surface area contributed by atoms with Gasteiger partial charge >= 0.3 is 0 Å². The lowest BCUT2D eigenvalue weighted by Crippen LogP contribution is -2.56. The number of rotatable bonds is 0. The Labute approximate surface area is 176 Å². The molecule has 0 radical (unpaired) electrons. The van der Waals surface area contributed by atoms with Gasteiger partial charge in [-0.15, -0.1) is 0 Å². The molecule has 2 aliphatic heterocycles. The van der Waals surface area contributed by atoms with E-state index in [0.29, 0.717) is 34.9 Å². The molecule has 0 aromatic carbocycles. The van der Waals surface area contributed by atoms with Crippen molar-refractivity contribution < 1.29 is 14.3 Å². The lowest BCUT2D eigenvalue weighted by atomic mass is 9.44. The molecule has 10 unspecified atom stereocenters. The van der Waals surface area contributed by atoms with Crippen molar-refractivity contribution >= 4 is 5.78 Å². The van der Waals surface area contributed by atoms with Gasteiger partial charge < -0.3 is 9.47 Å². The molecule has 0 aromatic rings. The van der Waals surface area contributed by atoms with Crippen molar-refractivity contribution in [2.75, 3.05) is 6.61 Å². The Kier molecular flexibility index (Phi) is 4.20. The fraction of sp³-hybridized carbons (Fsp3) is 0.962. The molecule has 2 heterocycles. The van der Waals surface area contributed by atoms with Gasteiger partial charge in [-0.1, -0.05) is 33.6 Å². The molecule has 6 fully saturated rings. The first-order valence-electron chi connectivity index (χ1n) is 12.7. The lowest BCUT2D eigenvalue weighted by Gasteiger charge is -2.59. The van der Waals surface area contributed by atoms with Gasteiger partial charge in [-0.3, -0.25) is 4.79 Å². The molecule has 4 saturated carbocycles. The lowest BCUT2D eigenvalue weighted by molar-refractivity contribution is -0.255. The number of carbonyl (C=O) groups excluding carboxylic acids is 1. The smallest absolute Gasteiger partial charge is 0.169 e. The molecule has 0 amide bonds. The molecule has 1 spiro atoms. The molecule has 0 N–H and O–H groups in total. The summed E-state index contributed by atoms with van der Waals surface area (Å²) in [4.78, 5) is 13.8. The van der Waals surface area contributed by atoms with E-state index in [1.165, 1.54) is 44.9 Å². The third-order valence-corrected chi connectivity index (χ3v) is 11.2. The van der Waals surface area contributed by atoms with Crippen LogP contribution in [0, 0.1) is 46.3 Å². The Morgan fingerprint density at radius 2 is 1.83 bits per heavy atom. The largest absolute Gasteiger partial charge is 0.350 e. The number of ketones is 1. The Morgan fingerprint density at radius 1 is 0.966 bits per heavy atom. The van der Waals surface area contributed by atoms with Crippen LogP contribution in [0.1, 0.15) is 91.4 Å². The maximum atomic E-state index is 13.8. The maximum Gasteiger partial charge on any atom is 0.169 e. The number of fused-ring (bicyclic) bond motifs is 7. The van der Waals surface area contributed by atoms with E-state index in [4.69, 9.17) is 9.47 Å². The summed E-state index contributed by atoms with van der Waals surface area (Å²) in [5, 5.41) is 0. The van der Waals surface area contributed by atoms with Gasteiger partial charge in [-0.2, -0.15) is 0 Å². The molecule has 3 heteroatoms. The summed E-state index contributed by atoms with van der Waals surface area (Å²) < 4.78 is 13.0. The van der Waals surface area contributed by atoms with Crippen molar-refractivity contribution in [2.45, 2.75) is 103 Å². The van der Waals surface area contributed by atoms with Gasteiger partial charge in [0, 0.05) is 30.6 Å². The number of carbonyl (C=O) groups is 1. The van der Waals surface area contributed by atoms with Gasteiger partial charge in [0.15, 0.2) is 5.79 Å². The molecule has 10 atom stereocenters. The van der Waals surface area contributed by atoms with Gasteiger partial charge in [0.25, 0.3) is 0 Å². The van der Waals surface area contributed by atoms with Crippen LogP contribution in [0.3, 0.4) is 0 Å². The van der Waals surface area contributed by atoms with Gasteiger partial charge in [-0.05, 0) is 73.5 Å². The normalized spacial score (nSPS) is 59.1. The van der Waals surface area contributed by atoms with Gasteiger partial charge in [0.2, 0.25) is 0 Å². The summed E-state index contributed by atoms with van der Waals surface area (Å²) in [5.41, 5.74) is 0.250. The highest BCUT2D eigenvalue weighted by Gasteiger charge is 2.69. The van der Waals surface area contributed by atoms with Crippen LogP contribution in [0.25, 0.3) is 0 Å². The SMILES string of the molecule is CC1CCC2(CC3C(CC4C5CCC6CCCCC6(C)C5CC(=O)C34C)O2)OC1. The summed E-state index contributed by atoms with van der Waals surface area (Å²) in [6.45, 7) is 7.98. The number of Topliss-reactive ketones (excluding diaryl/α,β-unsaturated/α-hetero) is 1. The van der Waals surface area contributed by atoms with Crippen molar-refractivity contribution in [1.29, 1.82) is 0 Å². The topological polar surface area (TPSA) is 35.5 Å². The summed E-state index contributed by atoms with van der Waals surface area (Å²) in [6.07, 6.45) is 13.7. The molecule has 2 saturated heterocycles. The van der Waals surface area contributed by atoms with E-state index < -0.39 is 0 Å². The highest BCUT2D eigenvalue weighted by atomic mass is 16.7. The molecule has 0 aromatic heterocycles. The average molecular weight is 401 g/mol. The summed E-state index contributed by atoms with van der Waals surface area (Å²) in [7, 11) is 0. The highest BCUT2D eigenvalue weighted by molar-refractivity contribution is 5.87. The second-order valence-electron chi connectivity index (χ2n) is 12.4. The first-order chi connectivity index (χ1) is 13.9. The third-order valence-electron chi connectivity index (χ3n) is 11.2. The molecule has 4 aliphatic carbocycles. The minimum atomic E-state index is -0.375. The van der Waals surface area contributed by atoms with Crippen molar-refractivity contribution in [3.63, 3.8) is 0 Å². The summed E-state index contributed by atoms with van der Waals surface area (Å²) in [5.74, 6) is 4.01. The van der Waals surface area contributed by atoms with Crippen LogP contribution in [-0.2, 0) is 14.3 Å². The molecule has 6 aliphatic rings. The predicted octanol–water partition coefficient (Wildman–Crippen LogP) is 5.76. The molecule has 3 nitrogen and oxygen atoms in total. The van der Waals surface area contributed by atoms with Gasteiger partial charge in [0.05, 0.1) is 12.7 Å². The van der Waals surface area contributed by atoms with Gasteiger partial charge in [-0.25, -0.2) is 0 Å². The van der Waals surface area contributed by atoms with E-state index in [2.05, 4.69) is 20.8 Å². The van der Waals surface area contributed by atoms with Crippen molar-refractivity contribution in [3.8, 4) is 0 Å². The van der Waals surface area contributed by atoms with E-state index in [9.17, 15) is 4.79 Å². The first kappa shape index (κ1) is 19.3. The first-order valence-corrected chi connectivity index (χ1v) is 12.7. The minimum absolute atomic E-state index is 0.167. The van der Waals surface area contributed by atoms with E-state index in [1.54, 1.807) is 0 Å². The van der Waals surface area contributed by atoms with Gasteiger partial charge in [0.1, 0.15) is 5.78 Å². The Bertz CT molecular complexity index is 694. The van der Waals surface area contributed by atoms with E-state index in [1.807, 2.05) is 0 Å². The maximum absolute atomic E-state index is 13.8. The zero-order valence-corrected chi connectivity index (χ0v) is 18.8. The standard InChI is InChI=1S/C26H40O3/c1-16-9-11-26(28-15-16)14-21-22(29-26)12-20-18-8-7-17-6-4-5-10-24(17,2)19(18)13-23(27)25(20,21)3/h16-22H,4-15H2,1-3H3. The van der Waals surface area contributed by atoms with Crippen molar-refractivity contribution in [2.24, 2.45) is 46.3 Å². The van der Waals surface area contributed by atoms with Crippen molar-refractivity contribution in [3.05, 3.63) is 0 Å². The van der Waals surface area contributed by atoms with Crippen LogP contribution < -0.4 is 0 Å². The van der Waals surface area contributed by atoms with Crippen molar-refractivity contribution in [1.82, 2.24) is 0 Å². The highest BCUT2D eigenvalue weighted by Crippen LogP contribution is 2.69. The third kappa shape index (κ3) is 2.52. The monoisotopic (exact) mass is 400 g/mol. The van der Waals surface area contributed by atoms with E-state index in [0.717, 1.165) is 44.1 Å². The zero-order valence-electron chi connectivity index (χ0n) is 18.8.